The monoisotopic (exact) mass is 344 g/mol. The van der Waals surface area contributed by atoms with Crippen molar-refractivity contribution in [3.05, 3.63) is 41.2 Å². The molecule has 132 valence electrons. The standard InChI is InChI=1S/C17H20N4O4/c1-11-13(6-3-7-15(11)25-2)16(22)20-8-4-5-12(9-20)21-10-14(17(23)24)18-19-21/h3,6-7,10,12H,4-5,8-9H2,1-2H3,(H,23,24). The second-order valence-electron chi connectivity index (χ2n) is 6.07. The highest BCUT2D eigenvalue weighted by Gasteiger charge is 2.28. The van der Waals surface area contributed by atoms with Crippen LogP contribution in [0, 0.1) is 6.92 Å². The van der Waals surface area contributed by atoms with Gasteiger partial charge in [0.1, 0.15) is 5.75 Å². The normalized spacial score (nSPS) is 17.4. The summed E-state index contributed by atoms with van der Waals surface area (Å²) in [5.74, 6) is -0.483. The van der Waals surface area contributed by atoms with E-state index in [1.807, 2.05) is 13.0 Å². The van der Waals surface area contributed by atoms with Crippen molar-refractivity contribution in [2.45, 2.75) is 25.8 Å². The third kappa shape index (κ3) is 3.33. The Morgan fingerprint density at radius 3 is 2.84 bits per heavy atom. The van der Waals surface area contributed by atoms with Gasteiger partial charge in [0.25, 0.3) is 5.91 Å². The third-order valence-corrected chi connectivity index (χ3v) is 4.52. The van der Waals surface area contributed by atoms with Crippen LogP contribution in [0.1, 0.15) is 45.3 Å². The maximum absolute atomic E-state index is 12.9. The predicted octanol–water partition coefficient (Wildman–Crippen LogP) is 1.77. The molecule has 2 heterocycles. The van der Waals surface area contributed by atoms with Crippen molar-refractivity contribution in [2.75, 3.05) is 20.2 Å². The maximum atomic E-state index is 12.9. The minimum atomic E-state index is -1.11. The molecule has 1 aromatic carbocycles. The van der Waals surface area contributed by atoms with E-state index >= 15 is 0 Å². The molecule has 1 aliphatic heterocycles. The lowest BCUT2D eigenvalue weighted by atomic mass is 10.0. The fourth-order valence-electron chi connectivity index (χ4n) is 3.15. The van der Waals surface area contributed by atoms with E-state index < -0.39 is 5.97 Å². The van der Waals surface area contributed by atoms with Crippen molar-refractivity contribution in [1.29, 1.82) is 0 Å². The van der Waals surface area contributed by atoms with Gasteiger partial charge in [-0.15, -0.1) is 5.10 Å². The Kier molecular flexibility index (Phi) is 4.69. The molecule has 8 nitrogen and oxygen atoms in total. The summed E-state index contributed by atoms with van der Waals surface area (Å²) in [5, 5.41) is 16.5. The molecule has 0 bridgehead atoms. The first-order chi connectivity index (χ1) is 12.0. The Morgan fingerprint density at radius 1 is 1.36 bits per heavy atom. The summed E-state index contributed by atoms with van der Waals surface area (Å²) in [6, 6.07) is 5.34. The Morgan fingerprint density at radius 2 is 2.16 bits per heavy atom. The number of carboxylic acids is 1. The van der Waals surface area contributed by atoms with Crippen LogP contribution in [0.15, 0.2) is 24.4 Å². The molecule has 8 heteroatoms. The fourth-order valence-corrected chi connectivity index (χ4v) is 3.15. The molecule has 1 unspecified atom stereocenters. The zero-order chi connectivity index (χ0) is 18.0. The van der Waals surface area contributed by atoms with Crippen LogP contribution >= 0.6 is 0 Å². The summed E-state index contributed by atoms with van der Waals surface area (Å²) in [7, 11) is 1.58. The number of carbonyl (C=O) groups excluding carboxylic acids is 1. The molecule has 3 rings (SSSR count). The average molecular weight is 344 g/mol. The van der Waals surface area contributed by atoms with Crippen LogP contribution in [-0.4, -0.2) is 57.1 Å². The molecule has 0 aliphatic carbocycles. The highest BCUT2D eigenvalue weighted by molar-refractivity contribution is 5.96. The lowest BCUT2D eigenvalue weighted by Crippen LogP contribution is -2.41. The van der Waals surface area contributed by atoms with Gasteiger partial charge >= 0.3 is 5.97 Å². The highest BCUT2D eigenvalue weighted by atomic mass is 16.5. The number of likely N-dealkylation sites (tertiary alicyclic amines) is 1. The van der Waals surface area contributed by atoms with Crippen LogP contribution in [0.2, 0.25) is 0 Å². The summed E-state index contributed by atoms with van der Waals surface area (Å²) in [6.07, 6.45) is 3.06. The minimum Gasteiger partial charge on any atom is -0.496 e. The van der Waals surface area contributed by atoms with Crippen LogP contribution in [0.3, 0.4) is 0 Å². The first-order valence-electron chi connectivity index (χ1n) is 8.09. The predicted molar refractivity (Wildman–Crippen MR) is 88.9 cm³/mol. The number of methoxy groups -OCH3 is 1. The highest BCUT2D eigenvalue weighted by Crippen LogP contribution is 2.26. The first kappa shape index (κ1) is 16.9. The second-order valence-corrected chi connectivity index (χ2v) is 6.07. The topological polar surface area (TPSA) is 97.5 Å². The van der Waals surface area contributed by atoms with E-state index in [0.29, 0.717) is 24.4 Å². The number of benzene rings is 1. The number of aromatic nitrogens is 3. The zero-order valence-electron chi connectivity index (χ0n) is 14.2. The van der Waals surface area contributed by atoms with Crippen LogP contribution in [0.5, 0.6) is 5.75 Å². The van der Waals surface area contributed by atoms with Gasteiger partial charge in [0.15, 0.2) is 5.69 Å². The molecule has 1 amide bonds. The van der Waals surface area contributed by atoms with Gasteiger partial charge in [-0.3, -0.25) is 4.79 Å². The summed E-state index contributed by atoms with van der Waals surface area (Å²) < 4.78 is 6.83. The van der Waals surface area contributed by atoms with Crippen molar-refractivity contribution in [3.63, 3.8) is 0 Å². The molecule has 25 heavy (non-hydrogen) atoms. The van der Waals surface area contributed by atoms with Gasteiger partial charge in [-0.1, -0.05) is 11.3 Å². The van der Waals surface area contributed by atoms with Gasteiger partial charge in [0.2, 0.25) is 0 Å². The van der Waals surface area contributed by atoms with E-state index in [1.54, 1.807) is 28.8 Å². The third-order valence-electron chi connectivity index (χ3n) is 4.52. The van der Waals surface area contributed by atoms with Crippen molar-refractivity contribution in [1.82, 2.24) is 19.9 Å². The number of nitrogens with zero attached hydrogens (tertiary/aromatic N) is 4. The number of piperidine rings is 1. The van der Waals surface area contributed by atoms with Crippen molar-refractivity contribution in [2.24, 2.45) is 0 Å². The summed E-state index contributed by atoms with van der Waals surface area (Å²) in [5.41, 5.74) is 1.34. The number of carbonyl (C=O) groups is 2. The second kappa shape index (κ2) is 6.92. The van der Waals surface area contributed by atoms with Gasteiger partial charge in [-0.25, -0.2) is 9.48 Å². The van der Waals surface area contributed by atoms with E-state index in [0.717, 1.165) is 18.4 Å². The smallest absolute Gasteiger partial charge is 0.358 e. The van der Waals surface area contributed by atoms with Crippen LogP contribution in [0.25, 0.3) is 0 Å². The Hall–Kier alpha value is -2.90. The Labute approximate surface area is 145 Å². The molecule has 0 radical (unpaired) electrons. The number of aromatic carboxylic acids is 1. The Bertz CT molecular complexity index is 802. The molecule has 1 fully saturated rings. The lowest BCUT2D eigenvalue weighted by Gasteiger charge is -2.33. The summed E-state index contributed by atoms with van der Waals surface area (Å²) >= 11 is 0. The first-order valence-corrected chi connectivity index (χ1v) is 8.09. The molecule has 1 atom stereocenters. The van der Waals surface area contributed by atoms with Crippen LogP contribution in [0.4, 0.5) is 0 Å². The molecule has 2 aromatic rings. The lowest BCUT2D eigenvalue weighted by molar-refractivity contribution is 0.0665. The molecule has 1 aliphatic rings. The number of ether oxygens (including phenoxy) is 1. The molecule has 1 saturated heterocycles. The van der Waals surface area contributed by atoms with Crippen molar-refractivity contribution >= 4 is 11.9 Å². The number of carboxylic acid groups (broad SMARTS) is 1. The molecule has 1 N–H and O–H groups in total. The maximum Gasteiger partial charge on any atom is 0.358 e. The molecular formula is C17H20N4O4. The number of amides is 1. The SMILES string of the molecule is COc1cccc(C(=O)N2CCCC(n3cc(C(=O)O)nn3)C2)c1C. The Balaban J connectivity index is 1.79. The van der Waals surface area contributed by atoms with Gasteiger partial charge < -0.3 is 14.7 Å². The fraction of sp³-hybridized carbons (Fsp3) is 0.412. The van der Waals surface area contributed by atoms with Crippen LogP contribution < -0.4 is 4.74 Å². The van der Waals surface area contributed by atoms with E-state index in [1.165, 1.54) is 6.20 Å². The van der Waals surface area contributed by atoms with Gasteiger partial charge in [-0.2, -0.15) is 0 Å². The van der Waals surface area contributed by atoms with E-state index in [4.69, 9.17) is 9.84 Å². The average Bonchev–Trinajstić information content (AvgIpc) is 3.12. The molecule has 0 spiro atoms. The van der Waals surface area contributed by atoms with E-state index in [-0.39, 0.29) is 17.6 Å². The van der Waals surface area contributed by atoms with Gasteiger partial charge in [0, 0.05) is 24.2 Å². The zero-order valence-corrected chi connectivity index (χ0v) is 14.2. The van der Waals surface area contributed by atoms with Crippen molar-refractivity contribution < 1.29 is 19.4 Å². The quantitative estimate of drug-likeness (QED) is 0.908. The van der Waals surface area contributed by atoms with E-state index in [9.17, 15) is 9.59 Å². The van der Waals surface area contributed by atoms with Crippen LogP contribution in [-0.2, 0) is 0 Å². The largest absolute Gasteiger partial charge is 0.496 e. The van der Waals surface area contributed by atoms with E-state index in [2.05, 4.69) is 10.3 Å². The molecule has 1 aromatic heterocycles. The number of hydrogen-bond donors (Lipinski definition) is 1. The summed E-state index contributed by atoms with van der Waals surface area (Å²) in [6.45, 7) is 2.99. The minimum absolute atomic E-state index is 0.0559. The van der Waals surface area contributed by atoms with Crippen molar-refractivity contribution in [3.8, 4) is 5.75 Å². The van der Waals surface area contributed by atoms with Gasteiger partial charge in [0.05, 0.1) is 19.3 Å². The summed E-state index contributed by atoms with van der Waals surface area (Å²) in [4.78, 5) is 25.6. The van der Waals surface area contributed by atoms with Gasteiger partial charge in [-0.05, 0) is 31.9 Å². The molecular weight excluding hydrogens is 324 g/mol. The number of hydrogen-bond acceptors (Lipinski definition) is 5. The molecule has 0 saturated carbocycles. The number of rotatable bonds is 4.